The normalized spacial score (nSPS) is 17.1. The third-order valence-corrected chi connectivity index (χ3v) is 5.82. The number of aliphatic hydroxyl groups excluding tert-OH is 1. The van der Waals surface area contributed by atoms with E-state index in [-0.39, 0.29) is 21.9 Å². The van der Waals surface area contributed by atoms with E-state index in [4.69, 9.17) is 25.8 Å². The van der Waals surface area contributed by atoms with Gasteiger partial charge in [0.15, 0.2) is 0 Å². The van der Waals surface area contributed by atoms with Gasteiger partial charge in [0.25, 0.3) is 11.7 Å². The molecular formula is C25H21ClN2O6. The zero-order valence-electron chi connectivity index (χ0n) is 18.6. The number of carbonyl (C=O) groups is 2. The molecule has 2 heterocycles. The molecule has 0 aliphatic carbocycles. The lowest BCUT2D eigenvalue weighted by Crippen LogP contribution is -2.29. The maximum Gasteiger partial charge on any atom is 0.300 e. The Morgan fingerprint density at radius 1 is 1.00 bits per heavy atom. The van der Waals surface area contributed by atoms with E-state index in [2.05, 4.69) is 4.98 Å². The van der Waals surface area contributed by atoms with Crippen molar-refractivity contribution in [3.05, 3.63) is 82.6 Å². The second-order valence-electron chi connectivity index (χ2n) is 7.34. The predicted octanol–water partition coefficient (Wildman–Crippen LogP) is 4.39. The van der Waals surface area contributed by atoms with Gasteiger partial charge in [-0.05, 0) is 42.0 Å². The third-order valence-electron chi connectivity index (χ3n) is 5.52. The Labute approximate surface area is 201 Å². The number of hydrogen-bond donors (Lipinski definition) is 1. The Morgan fingerprint density at radius 2 is 1.71 bits per heavy atom. The van der Waals surface area contributed by atoms with Crippen LogP contribution in [0.4, 0.5) is 5.69 Å². The molecule has 4 rings (SSSR count). The van der Waals surface area contributed by atoms with Crippen molar-refractivity contribution in [1.82, 2.24) is 4.98 Å². The van der Waals surface area contributed by atoms with Gasteiger partial charge in [0.05, 0.1) is 43.5 Å². The third kappa shape index (κ3) is 3.92. The zero-order chi connectivity index (χ0) is 24.4. The van der Waals surface area contributed by atoms with Gasteiger partial charge in [-0.1, -0.05) is 17.7 Å². The molecule has 1 fully saturated rings. The summed E-state index contributed by atoms with van der Waals surface area (Å²) in [5, 5.41) is 11.5. The number of ether oxygens (including phenoxy) is 3. The van der Waals surface area contributed by atoms with Crippen LogP contribution in [0, 0.1) is 0 Å². The molecule has 2 aromatic carbocycles. The number of ketones is 1. The lowest BCUT2D eigenvalue weighted by atomic mass is 9.95. The number of pyridine rings is 1. The van der Waals surface area contributed by atoms with Crippen LogP contribution in [0.25, 0.3) is 5.76 Å². The Bertz CT molecular complexity index is 1270. The molecule has 174 valence electrons. The summed E-state index contributed by atoms with van der Waals surface area (Å²) < 4.78 is 15.8. The molecular weight excluding hydrogens is 460 g/mol. The van der Waals surface area contributed by atoms with Crippen LogP contribution in [0.5, 0.6) is 17.2 Å². The number of aromatic nitrogens is 1. The number of benzene rings is 2. The molecule has 1 aliphatic rings. The molecule has 8 nitrogen and oxygen atoms in total. The Balaban J connectivity index is 1.95. The largest absolute Gasteiger partial charge is 0.507 e. The first-order valence-electron chi connectivity index (χ1n) is 10.2. The first-order valence-corrected chi connectivity index (χ1v) is 10.6. The average molecular weight is 481 g/mol. The van der Waals surface area contributed by atoms with E-state index in [9.17, 15) is 14.7 Å². The molecule has 1 amide bonds. The van der Waals surface area contributed by atoms with E-state index in [1.165, 1.54) is 38.4 Å². The number of methoxy groups -OCH3 is 3. The van der Waals surface area contributed by atoms with Crippen molar-refractivity contribution < 1.29 is 28.9 Å². The van der Waals surface area contributed by atoms with Gasteiger partial charge in [-0.3, -0.25) is 19.5 Å². The van der Waals surface area contributed by atoms with Crippen molar-refractivity contribution in [2.24, 2.45) is 0 Å². The summed E-state index contributed by atoms with van der Waals surface area (Å²) in [6.45, 7) is 0. The van der Waals surface area contributed by atoms with Crippen LogP contribution in [0.15, 0.2) is 66.5 Å². The lowest BCUT2D eigenvalue weighted by Gasteiger charge is -2.25. The highest BCUT2D eigenvalue weighted by atomic mass is 35.5. The highest BCUT2D eigenvalue weighted by molar-refractivity contribution is 6.51. The number of halogens is 1. The number of Topliss-reactive ketones (excluding diaryl/α,β-unsaturated/α-hetero) is 1. The van der Waals surface area contributed by atoms with Crippen LogP contribution >= 0.6 is 11.6 Å². The van der Waals surface area contributed by atoms with Crippen LogP contribution < -0.4 is 19.1 Å². The van der Waals surface area contributed by atoms with Gasteiger partial charge in [-0.25, -0.2) is 0 Å². The van der Waals surface area contributed by atoms with Crippen LogP contribution in [-0.4, -0.2) is 43.1 Å². The van der Waals surface area contributed by atoms with Gasteiger partial charge in [-0.15, -0.1) is 0 Å². The summed E-state index contributed by atoms with van der Waals surface area (Å²) in [4.78, 5) is 31.9. The Kier molecular flexibility index (Phi) is 6.43. The van der Waals surface area contributed by atoms with E-state index in [1.54, 1.807) is 48.8 Å². The molecule has 1 N–H and O–H groups in total. The molecule has 1 saturated heterocycles. The fourth-order valence-corrected chi connectivity index (χ4v) is 4.13. The lowest BCUT2D eigenvalue weighted by molar-refractivity contribution is -0.132. The van der Waals surface area contributed by atoms with Crippen molar-refractivity contribution in [3.8, 4) is 17.2 Å². The van der Waals surface area contributed by atoms with Gasteiger partial charge in [-0.2, -0.15) is 0 Å². The minimum atomic E-state index is -0.937. The fraction of sp³-hybridized carbons (Fsp3) is 0.160. The second-order valence-corrected chi connectivity index (χ2v) is 7.75. The fourth-order valence-electron chi connectivity index (χ4n) is 3.88. The zero-order valence-corrected chi connectivity index (χ0v) is 19.4. The number of anilines is 1. The molecule has 1 atom stereocenters. The summed E-state index contributed by atoms with van der Waals surface area (Å²) in [7, 11) is 4.39. The van der Waals surface area contributed by atoms with E-state index in [1.807, 2.05) is 0 Å². The van der Waals surface area contributed by atoms with Crippen LogP contribution in [0.3, 0.4) is 0 Å². The van der Waals surface area contributed by atoms with Crippen molar-refractivity contribution in [3.63, 3.8) is 0 Å². The quantitative estimate of drug-likeness (QED) is 0.317. The minimum Gasteiger partial charge on any atom is -0.507 e. The van der Waals surface area contributed by atoms with Gasteiger partial charge >= 0.3 is 0 Å². The van der Waals surface area contributed by atoms with E-state index in [0.29, 0.717) is 22.7 Å². The van der Waals surface area contributed by atoms with Crippen molar-refractivity contribution in [1.29, 1.82) is 0 Å². The number of rotatable bonds is 6. The molecule has 1 unspecified atom stereocenters. The Hall–Kier alpha value is -4.04. The molecule has 34 heavy (non-hydrogen) atoms. The van der Waals surface area contributed by atoms with Crippen molar-refractivity contribution in [2.75, 3.05) is 26.2 Å². The first kappa shape index (κ1) is 23.1. The monoisotopic (exact) mass is 480 g/mol. The maximum atomic E-state index is 13.3. The van der Waals surface area contributed by atoms with Crippen molar-refractivity contribution >= 4 is 34.7 Å². The number of hydrogen-bond acceptors (Lipinski definition) is 7. The predicted molar refractivity (Wildman–Crippen MR) is 127 cm³/mol. The number of amides is 1. The number of nitrogens with zero attached hydrogens (tertiary/aromatic N) is 2. The SMILES string of the molecule is COc1ccc(N2C(=O)C(=O)/C(=C(/O)c3cc(Cl)c(OC)cc3OC)C2c2cccnc2)cc1. The molecule has 0 saturated carbocycles. The highest BCUT2D eigenvalue weighted by Crippen LogP contribution is 2.44. The molecule has 0 spiro atoms. The van der Waals surface area contributed by atoms with Crippen LogP contribution in [0.1, 0.15) is 17.2 Å². The van der Waals surface area contributed by atoms with Crippen molar-refractivity contribution in [2.45, 2.75) is 6.04 Å². The summed E-state index contributed by atoms with van der Waals surface area (Å²) in [5.74, 6) is -0.923. The number of aliphatic hydroxyl groups is 1. The molecule has 3 aromatic rings. The van der Waals surface area contributed by atoms with E-state index in [0.717, 1.165) is 0 Å². The highest BCUT2D eigenvalue weighted by Gasteiger charge is 2.47. The average Bonchev–Trinajstić information content (AvgIpc) is 3.14. The topological polar surface area (TPSA) is 98.2 Å². The minimum absolute atomic E-state index is 0.117. The maximum absolute atomic E-state index is 13.3. The summed E-state index contributed by atoms with van der Waals surface area (Å²) in [5.41, 5.74) is 1.02. The molecule has 1 aromatic heterocycles. The van der Waals surface area contributed by atoms with Gasteiger partial charge in [0, 0.05) is 24.1 Å². The van der Waals surface area contributed by atoms with E-state index >= 15 is 0 Å². The molecule has 9 heteroatoms. The molecule has 1 aliphatic heterocycles. The summed E-state index contributed by atoms with van der Waals surface area (Å²) >= 11 is 6.28. The van der Waals surface area contributed by atoms with Gasteiger partial charge in [0.1, 0.15) is 23.0 Å². The first-order chi connectivity index (χ1) is 16.4. The number of carbonyl (C=O) groups excluding carboxylic acids is 2. The van der Waals surface area contributed by atoms with E-state index < -0.39 is 23.5 Å². The standard InChI is InChI=1S/C25H21ClN2O6/c1-32-16-8-6-15(7-9-16)28-22(14-5-4-10-27-13-14)21(24(30)25(28)31)23(29)17-11-18(26)20(34-3)12-19(17)33-2/h4-13,22,29H,1-3H3/b23-21+. The summed E-state index contributed by atoms with van der Waals surface area (Å²) in [6, 6.07) is 12.1. The smallest absolute Gasteiger partial charge is 0.300 e. The van der Waals surface area contributed by atoms with Crippen LogP contribution in [-0.2, 0) is 9.59 Å². The van der Waals surface area contributed by atoms with Crippen LogP contribution in [0.2, 0.25) is 5.02 Å². The Morgan fingerprint density at radius 3 is 2.29 bits per heavy atom. The molecule has 0 radical (unpaired) electrons. The molecule has 0 bridgehead atoms. The van der Waals surface area contributed by atoms with Gasteiger partial charge in [0.2, 0.25) is 0 Å². The summed E-state index contributed by atoms with van der Waals surface area (Å²) in [6.07, 6.45) is 3.12. The second kappa shape index (κ2) is 9.44. The van der Waals surface area contributed by atoms with Gasteiger partial charge < -0.3 is 19.3 Å².